The summed E-state index contributed by atoms with van der Waals surface area (Å²) in [7, 11) is 3.08. The lowest BCUT2D eigenvalue weighted by Crippen LogP contribution is -2.25. The highest BCUT2D eigenvalue weighted by atomic mass is 16.8. The van der Waals surface area contributed by atoms with Gasteiger partial charge in [0.1, 0.15) is 0 Å². The maximum Gasteiger partial charge on any atom is 0.253 e. The minimum Gasteiger partial charge on any atom is -0.493 e. The number of anilines is 1. The molecule has 3 rings (SSSR count). The first-order chi connectivity index (χ1) is 13.0. The first-order valence-corrected chi connectivity index (χ1v) is 8.22. The van der Waals surface area contributed by atoms with E-state index in [-0.39, 0.29) is 0 Å². The van der Waals surface area contributed by atoms with Gasteiger partial charge in [-0.15, -0.1) is 0 Å². The predicted octanol–water partition coefficient (Wildman–Crippen LogP) is 3.06. The van der Waals surface area contributed by atoms with Crippen LogP contribution in [0, 0.1) is 19.1 Å². The molecule has 3 aromatic rings. The molecule has 2 aromatic carbocycles. The SMILES string of the molecule is COc1cc(N/N=C/c2ccccc2C)c(-c2no[n+]([O-])c2C)cc1OC. The maximum atomic E-state index is 11.6. The number of hydrogen-bond acceptors (Lipinski definition) is 7. The van der Waals surface area contributed by atoms with E-state index >= 15 is 0 Å². The molecule has 0 unspecified atom stereocenters. The molecule has 0 fully saturated rings. The Morgan fingerprint density at radius 3 is 2.48 bits per heavy atom. The molecule has 140 valence electrons. The average molecular weight is 368 g/mol. The monoisotopic (exact) mass is 368 g/mol. The van der Waals surface area contributed by atoms with E-state index < -0.39 is 0 Å². The minimum absolute atomic E-state index is 0.327. The number of hydrogen-bond donors (Lipinski definition) is 1. The Morgan fingerprint density at radius 1 is 1.15 bits per heavy atom. The minimum atomic E-state index is 0.327. The number of benzene rings is 2. The van der Waals surface area contributed by atoms with Gasteiger partial charge < -0.3 is 14.7 Å². The van der Waals surface area contributed by atoms with Crippen LogP contribution >= 0.6 is 0 Å². The average Bonchev–Trinajstić information content (AvgIpc) is 3.01. The predicted molar refractivity (Wildman–Crippen MR) is 101 cm³/mol. The highest BCUT2D eigenvalue weighted by Crippen LogP contribution is 2.38. The number of hydrazone groups is 1. The van der Waals surface area contributed by atoms with E-state index in [1.807, 2.05) is 31.2 Å². The highest BCUT2D eigenvalue weighted by Gasteiger charge is 2.22. The Balaban J connectivity index is 2.02. The second-order valence-electron chi connectivity index (χ2n) is 5.84. The molecule has 0 amide bonds. The van der Waals surface area contributed by atoms with Crippen LogP contribution in [0.1, 0.15) is 16.8 Å². The van der Waals surface area contributed by atoms with Crippen LogP contribution in [-0.4, -0.2) is 25.6 Å². The van der Waals surface area contributed by atoms with Crippen molar-refractivity contribution in [1.82, 2.24) is 5.16 Å². The smallest absolute Gasteiger partial charge is 0.253 e. The second-order valence-corrected chi connectivity index (χ2v) is 5.84. The van der Waals surface area contributed by atoms with E-state index in [4.69, 9.17) is 14.1 Å². The molecule has 0 saturated heterocycles. The summed E-state index contributed by atoms with van der Waals surface area (Å²) in [5, 5.41) is 19.8. The zero-order chi connectivity index (χ0) is 19.4. The number of nitrogens with one attached hydrogen (secondary N) is 1. The molecule has 0 aliphatic rings. The van der Waals surface area contributed by atoms with E-state index in [0.717, 1.165) is 11.1 Å². The van der Waals surface area contributed by atoms with Crippen molar-refractivity contribution in [3.05, 3.63) is 58.4 Å². The van der Waals surface area contributed by atoms with E-state index in [9.17, 15) is 5.21 Å². The fraction of sp³-hybridized carbons (Fsp3) is 0.211. The van der Waals surface area contributed by atoms with Crippen LogP contribution in [0.15, 0.2) is 46.1 Å². The lowest BCUT2D eigenvalue weighted by molar-refractivity contribution is -0.806. The van der Waals surface area contributed by atoms with Crippen molar-refractivity contribution in [2.45, 2.75) is 13.8 Å². The molecule has 1 heterocycles. The van der Waals surface area contributed by atoms with Gasteiger partial charge in [0.15, 0.2) is 11.5 Å². The molecule has 1 N–H and O–H groups in total. The molecule has 8 nitrogen and oxygen atoms in total. The van der Waals surface area contributed by atoms with Crippen molar-refractivity contribution in [1.29, 1.82) is 0 Å². The van der Waals surface area contributed by atoms with Gasteiger partial charge in [-0.25, -0.2) is 0 Å². The summed E-state index contributed by atoms with van der Waals surface area (Å²) >= 11 is 0. The Morgan fingerprint density at radius 2 is 1.85 bits per heavy atom. The highest BCUT2D eigenvalue weighted by molar-refractivity contribution is 5.84. The Kier molecular flexibility index (Phi) is 5.25. The van der Waals surface area contributed by atoms with Gasteiger partial charge in [-0.3, -0.25) is 10.1 Å². The zero-order valence-corrected chi connectivity index (χ0v) is 15.5. The van der Waals surface area contributed by atoms with E-state index in [1.165, 1.54) is 7.11 Å². The summed E-state index contributed by atoms with van der Waals surface area (Å²) in [6, 6.07) is 11.3. The summed E-state index contributed by atoms with van der Waals surface area (Å²) in [5.41, 5.74) is 7.00. The van der Waals surface area contributed by atoms with Crippen LogP contribution in [-0.2, 0) is 0 Å². The normalized spacial score (nSPS) is 11.0. The topological polar surface area (TPSA) is 95.8 Å². The van der Waals surface area contributed by atoms with Crippen LogP contribution < -0.4 is 19.8 Å². The van der Waals surface area contributed by atoms with Crippen molar-refractivity contribution in [3.63, 3.8) is 0 Å². The van der Waals surface area contributed by atoms with Gasteiger partial charge in [0.2, 0.25) is 5.69 Å². The second kappa shape index (κ2) is 7.77. The molecular weight excluding hydrogens is 348 g/mol. The summed E-state index contributed by atoms with van der Waals surface area (Å²) in [5.74, 6) is 1.02. The maximum absolute atomic E-state index is 11.6. The molecule has 27 heavy (non-hydrogen) atoms. The van der Waals surface area contributed by atoms with Gasteiger partial charge >= 0.3 is 0 Å². The summed E-state index contributed by atoms with van der Waals surface area (Å²) in [6.45, 7) is 3.63. The van der Waals surface area contributed by atoms with Crippen LogP contribution in [0.25, 0.3) is 11.3 Å². The molecule has 8 heteroatoms. The Hall–Kier alpha value is -3.55. The van der Waals surface area contributed by atoms with Crippen LogP contribution in [0.4, 0.5) is 5.69 Å². The Bertz CT molecular complexity index is 982. The van der Waals surface area contributed by atoms with Gasteiger partial charge in [0.05, 0.1) is 31.7 Å². The first kappa shape index (κ1) is 18.2. The van der Waals surface area contributed by atoms with Gasteiger partial charge in [0.25, 0.3) is 5.69 Å². The van der Waals surface area contributed by atoms with Crippen molar-refractivity contribution in [3.8, 4) is 22.8 Å². The molecule has 1 aromatic heterocycles. The van der Waals surface area contributed by atoms with Gasteiger partial charge in [-0.2, -0.15) is 5.10 Å². The molecule has 0 saturated carbocycles. The van der Waals surface area contributed by atoms with Crippen molar-refractivity contribution in [2.75, 3.05) is 19.6 Å². The molecule has 0 bridgehead atoms. The molecular formula is C19H20N4O4. The van der Waals surface area contributed by atoms with Crippen LogP contribution in [0.5, 0.6) is 11.5 Å². The molecule has 0 spiro atoms. The molecule has 0 aliphatic carbocycles. The molecule has 0 atom stereocenters. The summed E-state index contributed by atoms with van der Waals surface area (Å²) < 4.78 is 15.4. The fourth-order valence-corrected chi connectivity index (χ4v) is 2.61. The quantitative estimate of drug-likeness (QED) is 0.408. The molecule has 0 radical (unpaired) electrons. The summed E-state index contributed by atoms with van der Waals surface area (Å²) in [4.78, 5) is 0.354. The van der Waals surface area contributed by atoms with Crippen molar-refractivity contribution in [2.24, 2.45) is 5.10 Å². The third-order valence-electron chi connectivity index (χ3n) is 4.18. The lowest BCUT2D eigenvalue weighted by Gasteiger charge is -2.12. The van der Waals surface area contributed by atoms with E-state index in [0.29, 0.717) is 39.0 Å². The standard InChI is InChI=1S/C19H20N4O4/c1-12-7-5-6-8-14(12)11-20-21-16-10-18(26-4)17(25-3)9-15(16)19-13(2)23(24)27-22-19/h5-11,21H,1-4H3/b20-11+. The van der Waals surface area contributed by atoms with E-state index in [1.54, 1.807) is 32.4 Å². The number of aryl methyl sites for hydroxylation is 1. The third-order valence-corrected chi connectivity index (χ3v) is 4.18. The number of ether oxygens (including phenoxy) is 2. The van der Waals surface area contributed by atoms with Crippen LogP contribution in [0.3, 0.4) is 0 Å². The van der Waals surface area contributed by atoms with Crippen LogP contribution in [0.2, 0.25) is 0 Å². The van der Waals surface area contributed by atoms with Gasteiger partial charge in [-0.05, 0) is 29.0 Å². The largest absolute Gasteiger partial charge is 0.493 e. The lowest BCUT2D eigenvalue weighted by atomic mass is 10.1. The van der Waals surface area contributed by atoms with Crippen molar-refractivity contribution >= 4 is 11.9 Å². The summed E-state index contributed by atoms with van der Waals surface area (Å²) in [6.07, 6.45) is 1.72. The van der Waals surface area contributed by atoms with Gasteiger partial charge in [-0.1, -0.05) is 24.3 Å². The zero-order valence-electron chi connectivity index (χ0n) is 15.5. The first-order valence-electron chi connectivity index (χ1n) is 8.22. The van der Waals surface area contributed by atoms with Gasteiger partial charge in [0, 0.05) is 18.1 Å². The van der Waals surface area contributed by atoms with Crippen molar-refractivity contribution < 1.29 is 19.0 Å². The molecule has 0 aliphatic heterocycles. The number of methoxy groups -OCH3 is 2. The number of nitrogens with zero attached hydrogens (tertiary/aromatic N) is 3. The third kappa shape index (κ3) is 3.69. The van der Waals surface area contributed by atoms with E-state index in [2.05, 4.69) is 15.7 Å². The number of aromatic nitrogens is 2. The number of rotatable bonds is 6. The fourth-order valence-electron chi connectivity index (χ4n) is 2.61. The Labute approximate surface area is 156 Å².